The van der Waals surface area contributed by atoms with Crippen molar-refractivity contribution in [3.63, 3.8) is 0 Å². The molecule has 6 nitrogen and oxygen atoms in total. The van der Waals surface area contributed by atoms with Gasteiger partial charge in [-0.2, -0.15) is 9.59 Å². The Labute approximate surface area is 128 Å². The molecule has 2 rings (SSSR count). The second-order valence-corrected chi connectivity index (χ2v) is 4.17. The Bertz CT molecular complexity index is 661. The summed E-state index contributed by atoms with van der Waals surface area (Å²) in [6.07, 6.45) is 6.75. The summed E-state index contributed by atoms with van der Waals surface area (Å²) in [6.45, 7) is 2.06. The molecule has 1 aromatic carbocycles. The van der Waals surface area contributed by atoms with Gasteiger partial charge in [0.25, 0.3) is 0 Å². The van der Waals surface area contributed by atoms with Crippen molar-refractivity contribution < 1.29 is 14.3 Å². The summed E-state index contributed by atoms with van der Waals surface area (Å²) in [5.41, 5.74) is 13.0. The topological polar surface area (TPSA) is 108 Å². The van der Waals surface area contributed by atoms with Crippen LogP contribution in [0.25, 0.3) is 6.08 Å². The van der Waals surface area contributed by atoms with Crippen molar-refractivity contribution in [1.82, 2.24) is 4.98 Å². The van der Waals surface area contributed by atoms with E-state index >= 15 is 0 Å². The summed E-state index contributed by atoms with van der Waals surface area (Å²) >= 11 is 0. The van der Waals surface area contributed by atoms with Crippen LogP contribution in [0.1, 0.15) is 18.9 Å². The average molecular weight is 299 g/mol. The lowest BCUT2D eigenvalue weighted by Gasteiger charge is -2.10. The van der Waals surface area contributed by atoms with Crippen molar-refractivity contribution in [2.75, 3.05) is 11.5 Å². The number of nitrogens with zero attached hydrogens (tertiary/aromatic N) is 1. The van der Waals surface area contributed by atoms with Gasteiger partial charge in [0.15, 0.2) is 0 Å². The van der Waals surface area contributed by atoms with Gasteiger partial charge in [0.1, 0.15) is 17.3 Å². The Hall–Kier alpha value is -3.11. The zero-order valence-electron chi connectivity index (χ0n) is 12.2. The van der Waals surface area contributed by atoms with Crippen molar-refractivity contribution in [2.45, 2.75) is 13.3 Å². The molecule has 0 spiro atoms. The maximum absolute atomic E-state index is 8.12. The molecule has 0 aliphatic heterocycles. The van der Waals surface area contributed by atoms with Crippen LogP contribution in [0.5, 0.6) is 11.5 Å². The fraction of sp³-hybridized carbons (Fsp3) is 0.125. The first kappa shape index (κ1) is 16.9. The highest BCUT2D eigenvalue weighted by atomic mass is 16.5. The van der Waals surface area contributed by atoms with Crippen molar-refractivity contribution in [3.05, 3.63) is 48.2 Å². The summed E-state index contributed by atoms with van der Waals surface area (Å²) in [5.74, 6) is 1.85. The first-order valence-electron chi connectivity index (χ1n) is 6.56. The largest absolute Gasteiger partial charge is 0.457 e. The molecule has 6 heteroatoms. The number of hydrogen-bond acceptors (Lipinski definition) is 6. The second kappa shape index (κ2) is 8.94. The van der Waals surface area contributed by atoms with Crippen LogP contribution in [0.4, 0.5) is 11.5 Å². The van der Waals surface area contributed by atoms with Crippen molar-refractivity contribution >= 4 is 23.7 Å². The third-order valence-corrected chi connectivity index (χ3v) is 2.61. The van der Waals surface area contributed by atoms with E-state index < -0.39 is 0 Å². The van der Waals surface area contributed by atoms with Crippen LogP contribution in [-0.4, -0.2) is 11.1 Å². The minimum absolute atomic E-state index is 0.250. The highest BCUT2D eigenvalue weighted by Crippen LogP contribution is 2.29. The molecule has 4 N–H and O–H groups in total. The molecule has 22 heavy (non-hydrogen) atoms. The summed E-state index contributed by atoms with van der Waals surface area (Å²) in [5, 5.41) is 0. The fourth-order valence-electron chi connectivity index (χ4n) is 1.63. The predicted molar refractivity (Wildman–Crippen MR) is 83.9 cm³/mol. The molecule has 0 bridgehead atoms. The molecule has 114 valence electrons. The van der Waals surface area contributed by atoms with Crippen LogP contribution in [-0.2, 0) is 9.59 Å². The number of pyridine rings is 1. The van der Waals surface area contributed by atoms with Crippen molar-refractivity contribution in [2.24, 2.45) is 0 Å². The number of nitrogens with two attached hydrogens (primary N) is 2. The van der Waals surface area contributed by atoms with E-state index in [4.69, 9.17) is 25.8 Å². The van der Waals surface area contributed by atoms with Gasteiger partial charge in [-0.05, 0) is 36.8 Å². The number of anilines is 2. The number of benzene rings is 1. The van der Waals surface area contributed by atoms with E-state index in [2.05, 4.69) is 11.9 Å². The maximum atomic E-state index is 8.12. The zero-order chi connectivity index (χ0) is 16.4. The van der Waals surface area contributed by atoms with Crippen LogP contribution in [0.3, 0.4) is 0 Å². The zero-order valence-corrected chi connectivity index (χ0v) is 12.2. The summed E-state index contributed by atoms with van der Waals surface area (Å²) in [6, 6.07) is 9.02. The van der Waals surface area contributed by atoms with E-state index in [9.17, 15) is 0 Å². The van der Waals surface area contributed by atoms with Crippen LogP contribution in [0.15, 0.2) is 42.6 Å². The summed E-state index contributed by atoms with van der Waals surface area (Å²) < 4.78 is 5.82. The van der Waals surface area contributed by atoms with Gasteiger partial charge in [-0.1, -0.05) is 19.1 Å². The molecule has 0 fully saturated rings. The van der Waals surface area contributed by atoms with Crippen LogP contribution >= 0.6 is 0 Å². The molecule has 0 atom stereocenters. The number of allylic oxidation sites excluding steroid dienone is 1. The number of hydrogen-bond donors (Lipinski definition) is 2. The van der Waals surface area contributed by atoms with Gasteiger partial charge < -0.3 is 16.2 Å². The van der Waals surface area contributed by atoms with Crippen LogP contribution in [0.2, 0.25) is 0 Å². The Morgan fingerprint density at radius 3 is 2.41 bits per heavy atom. The molecular formula is C16H17N3O3. The average Bonchev–Trinajstić information content (AvgIpc) is 2.50. The Morgan fingerprint density at radius 1 is 1.18 bits per heavy atom. The molecule has 1 aromatic heterocycles. The molecule has 0 aliphatic carbocycles. The molecular weight excluding hydrogens is 282 g/mol. The van der Waals surface area contributed by atoms with Crippen LogP contribution < -0.4 is 16.2 Å². The smallest absolute Gasteiger partial charge is 0.373 e. The minimum atomic E-state index is 0.250. The molecule has 2 aromatic rings. The first-order chi connectivity index (χ1) is 10.6. The van der Waals surface area contributed by atoms with E-state index in [0.29, 0.717) is 23.0 Å². The van der Waals surface area contributed by atoms with Gasteiger partial charge in [0.05, 0.1) is 5.56 Å². The van der Waals surface area contributed by atoms with E-state index in [1.807, 2.05) is 24.3 Å². The lowest BCUT2D eigenvalue weighted by Crippen LogP contribution is -1.96. The number of rotatable bonds is 4. The monoisotopic (exact) mass is 299 g/mol. The highest BCUT2D eigenvalue weighted by molar-refractivity contribution is 5.67. The SMILES string of the molecule is CC/C=C/c1c(Oc2ccc(N)cc2)ccnc1N.O=C=O. The number of ether oxygens (including phenoxy) is 1. The molecule has 0 amide bonds. The Morgan fingerprint density at radius 2 is 1.82 bits per heavy atom. The molecule has 0 aliphatic rings. The number of carbonyl (C=O) groups excluding carboxylic acids is 2. The van der Waals surface area contributed by atoms with E-state index in [1.165, 1.54) is 0 Å². The van der Waals surface area contributed by atoms with E-state index in [0.717, 1.165) is 12.0 Å². The molecule has 1 heterocycles. The molecule has 0 saturated carbocycles. The second-order valence-electron chi connectivity index (χ2n) is 4.17. The molecule has 0 radical (unpaired) electrons. The van der Waals surface area contributed by atoms with E-state index in [1.54, 1.807) is 24.4 Å². The summed E-state index contributed by atoms with van der Waals surface area (Å²) in [4.78, 5) is 20.3. The maximum Gasteiger partial charge on any atom is 0.373 e. The van der Waals surface area contributed by atoms with Crippen molar-refractivity contribution in [1.29, 1.82) is 0 Å². The minimum Gasteiger partial charge on any atom is -0.457 e. The first-order valence-corrected chi connectivity index (χ1v) is 6.56. The van der Waals surface area contributed by atoms with Gasteiger partial charge >= 0.3 is 6.15 Å². The fourth-order valence-corrected chi connectivity index (χ4v) is 1.63. The van der Waals surface area contributed by atoms with E-state index in [-0.39, 0.29) is 6.15 Å². The lowest BCUT2D eigenvalue weighted by atomic mass is 10.2. The Kier molecular flexibility index (Phi) is 6.89. The Balaban J connectivity index is 0.000000745. The highest BCUT2D eigenvalue weighted by Gasteiger charge is 2.06. The predicted octanol–water partition coefficient (Wildman–Crippen LogP) is 2.88. The quantitative estimate of drug-likeness (QED) is 0.840. The number of aromatic nitrogens is 1. The number of nitrogen functional groups attached to an aromatic ring is 2. The molecule has 0 saturated heterocycles. The standard InChI is InChI=1S/C15H17N3O.CO2/c1-2-3-4-13-14(9-10-18-15(13)17)19-12-7-5-11(16)6-8-12;2-1-3/h3-10H,2,16H2,1H3,(H2,17,18);/b4-3+;. The van der Waals surface area contributed by atoms with Gasteiger partial charge in [0.2, 0.25) is 0 Å². The third-order valence-electron chi connectivity index (χ3n) is 2.61. The van der Waals surface area contributed by atoms with Gasteiger partial charge in [-0.15, -0.1) is 0 Å². The third kappa shape index (κ3) is 5.11. The summed E-state index contributed by atoms with van der Waals surface area (Å²) in [7, 11) is 0. The van der Waals surface area contributed by atoms with Crippen LogP contribution in [0, 0.1) is 0 Å². The van der Waals surface area contributed by atoms with Gasteiger partial charge in [0, 0.05) is 11.9 Å². The normalized spacial score (nSPS) is 9.68. The van der Waals surface area contributed by atoms with Gasteiger partial charge in [-0.25, -0.2) is 4.98 Å². The lowest BCUT2D eigenvalue weighted by molar-refractivity contribution is -0.191. The van der Waals surface area contributed by atoms with Gasteiger partial charge in [-0.3, -0.25) is 0 Å². The van der Waals surface area contributed by atoms with Crippen molar-refractivity contribution in [3.8, 4) is 11.5 Å². The molecule has 0 unspecified atom stereocenters.